The van der Waals surface area contributed by atoms with Gasteiger partial charge in [0.25, 0.3) is 0 Å². The Balaban J connectivity index is 2.13. The third-order valence-electron chi connectivity index (χ3n) is 8.61. The molecule has 1 aliphatic rings. The van der Waals surface area contributed by atoms with Gasteiger partial charge in [-0.2, -0.15) is 0 Å². The molecule has 2 atom stereocenters. The third kappa shape index (κ3) is 16.8. The highest BCUT2D eigenvalue weighted by molar-refractivity contribution is 5.76. The van der Waals surface area contributed by atoms with Gasteiger partial charge in [-0.1, -0.05) is 12.1 Å². The molecule has 16 nitrogen and oxygen atoms in total. The smallest absolute Gasteiger partial charge is 0.407 e. The summed E-state index contributed by atoms with van der Waals surface area (Å²) in [6.07, 6.45) is -0.606. The first-order valence-corrected chi connectivity index (χ1v) is 17.9. The van der Waals surface area contributed by atoms with Crippen LogP contribution in [-0.2, 0) is 39.7 Å². The topological polar surface area (TPSA) is 177 Å². The standard InChI is InChI=1S/C36H60N4O12/c1-7-49-23-24-50-25-26-51-29-13-11-28(12-14-29)9-8-10-30(32(41)47-5)37-15-19-39(34(43)44)21-17-38(18-22-40(20-16-37)35(45)46)31(33(42)48-6)27-52-36(2,3)4/h11-14,30-31H,7-10,15-27H2,1-6H3,(H,43,44)(H,45,46). The van der Waals surface area contributed by atoms with Crippen LogP contribution in [0, 0.1) is 0 Å². The lowest BCUT2D eigenvalue weighted by Gasteiger charge is -2.37. The molecule has 0 spiro atoms. The van der Waals surface area contributed by atoms with E-state index in [1.165, 1.54) is 24.0 Å². The fourth-order valence-corrected chi connectivity index (χ4v) is 5.66. The van der Waals surface area contributed by atoms with Gasteiger partial charge in [0.15, 0.2) is 0 Å². The van der Waals surface area contributed by atoms with Gasteiger partial charge in [-0.25, -0.2) is 9.59 Å². The summed E-state index contributed by atoms with van der Waals surface area (Å²) >= 11 is 0. The molecule has 0 saturated carbocycles. The molecule has 52 heavy (non-hydrogen) atoms. The van der Waals surface area contributed by atoms with Gasteiger partial charge in [-0.15, -0.1) is 0 Å². The number of hydrogen-bond donors (Lipinski definition) is 2. The van der Waals surface area contributed by atoms with Gasteiger partial charge in [0.05, 0.1) is 46.2 Å². The zero-order chi connectivity index (χ0) is 38.5. The Bertz CT molecular complexity index is 1180. The SMILES string of the molecule is CCOCCOCCOc1ccc(CCCC(C(=O)OC)N2CCN(C(=O)O)CCN(C(COC(C)(C)C)C(=O)OC)CCN(C(=O)O)CC2)cc1. The lowest BCUT2D eigenvalue weighted by molar-refractivity contribution is -0.152. The third-order valence-corrected chi connectivity index (χ3v) is 8.61. The number of hydrogen-bond acceptors (Lipinski definition) is 12. The van der Waals surface area contributed by atoms with Crippen molar-refractivity contribution in [3.8, 4) is 5.75 Å². The Morgan fingerprint density at radius 2 is 1.19 bits per heavy atom. The van der Waals surface area contributed by atoms with Crippen molar-refractivity contribution in [1.82, 2.24) is 19.6 Å². The second kappa shape index (κ2) is 23.8. The summed E-state index contributed by atoms with van der Waals surface area (Å²) in [5.41, 5.74) is 0.493. The van der Waals surface area contributed by atoms with Gasteiger partial charge in [0.2, 0.25) is 0 Å². The number of benzene rings is 1. The molecule has 16 heteroatoms. The molecule has 0 aliphatic carbocycles. The number of esters is 2. The minimum Gasteiger partial charge on any atom is -0.491 e. The maximum Gasteiger partial charge on any atom is 0.407 e. The van der Waals surface area contributed by atoms with Crippen LogP contribution in [0.2, 0.25) is 0 Å². The zero-order valence-corrected chi connectivity index (χ0v) is 31.8. The van der Waals surface area contributed by atoms with Crippen LogP contribution in [0.3, 0.4) is 0 Å². The summed E-state index contributed by atoms with van der Waals surface area (Å²) in [6.45, 7) is 10.8. The number of carboxylic acid groups (broad SMARTS) is 2. The van der Waals surface area contributed by atoms with Gasteiger partial charge in [-0.05, 0) is 64.7 Å². The first kappa shape index (κ1) is 44.5. The number of amides is 2. The minimum absolute atomic E-state index is 0.0198. The number of nitrogens with zero attached hydrogens (tertiary/aromatic N) is 4. The van der Waals surface area contributed by atoms with Crippen molar-refractivity contribution in [2.45, 2.75) is 64.6 Å². The van der Waals surface area contributed by atoms with E-state index in [-0.39, 0.29) is 59.0 Å². The Labute approximate surface area is 307 Å². The predicted octanol–water partition coefficient (Wildman–Crippen LogP) is 2.92. The highest BCUT2D eigenvalue weighted by Gasteiger charge is 2.33. The highest BCUT2D eigenvalue weighted by atomic mass is 16.5. The van der Waals surface area contributed by atoms with Crippen LogP contribution in [-0.4, -0.2) is 178 Å². The molecule has 1 saturated heterocycles. The maximum atomic E-state index is 13.1. The van der Waals surface area contributed by atoms with E-state index in [9.17, 15) is 29.4 Å². The Kier molecular flexibility index (Phi) is 20.3. The summed E-state index contributed by atoms with van der Waals surface area (Å²) in [4.78, 5) is 56.7. The summed E-state index contributed by atoms with van der Waals surface area (Å²) < 4.78 is 32.6. The van der Waals surface area contributed by atoms with Crippen LogP contribution in [0.15, 0.2) is 24.3 Å². The van der Waals surface area contributed by atoms with Gasteiger partial charge >= 0.3 is 24.1 Å². The lowest BCUT2D eigenvalue weighted by Crippen LogP contribution is -2.55. The largest absolute Gasteiger partial charge is 0.491 e. The molecule has 2 rings (SSSR count). The molecule has 2 unspecified atom stereocenters. The minimum atomic E-state index is -1.15. The molecular weight excluding hydrogens is 680 g/mol. The van der Waals surface area contributed by atoms with Crippen molar-refractivity contribution in [3.63, 3.8) is 0 Å². The van der Waals surface area contributed by atoms with Crippen molar-refractivity contribution in [2.75, 3.05) is 106 Å². The maximum absolute atomic E-state index is 13.1. The molecule has 1 heterocycles. The predicted molar refractivity (Wildman–Crippen MR) is 192 cm³/mol. The van der Waals surface area contributed by atoms with E-state index in [1.54, 1.807) is 9.80 Å². The van der Waals surface area contributed by atoms with Crippen molar-refractivity contribution in [2.24, 2.45) is 0 Å². The van der Waals surface area contributed by atoms with Gasteiger partial charge in [0.1, 0.15) is 24.4 Å². The van der Waals surface area contributed by atoms with Gasteiger partial charge in [-0.3, -0.25) is 19.4 Å². The van der Waals surface area contributed by atoms with Gasteiger partial charge in [0, 0.05) is 59.0 Å². The van der Waals surface area contributed by atoms with Crippen LogP contribution in [0.4, 0.5) is 9.59 Å². The van der Waals surface area contributed by atoms with E-state index < -0.39 is 41.8 Å². The Hall–Kier alpha value is -3.70. The molecule has 0 bridgehead atoms. The first-order valence-electron chi connectivity index (χ1n) is 17.9. The average Bonchev–Trinajstić information content (AvgIpc) is 3.10. The molecule has 1 aromatic rings. The Morgan fingerprint density at radius 1 is 0.712 bits per heavy atom. The van der Waals surface area contributed by atoms with Crippen LogP contribution < -0.4 is 4.74 Å². The second-order valence-electron chi connectivity index (χ2n) is 13.3. The molecule has 2 N–H and O–H groups in total. The quantitative estimate of drug-likeness (QED) is 0.166. The average molecular weight is 741 g/mol. The molecule has 1 fully saturated rings. The number of carbonyl (C=O) groups excluding carboxylic acids is 2. The fraction of sp³-hybridized carbons (Fsp3) is 0.722. The highest BCUT2D eigenvalue weighted by Crippen LogP contribution is 2.18. The normalized spacial score (nSPS) is 16.7. The van der Waals surface area contributed by atoms with E-state index in [4.69, 9.17) is 28.4 Å². The molecule has 2 amide bonds. The van der Waals surface area contributed by atoms with Crippen molar-refractivity contribution in [3.05, 3.63) is 29.8 Å². The van der Waals surface area contributed by atoms with Crippen molar-refractivity contribution < 1.29 is 57.8 Å². The zero-order valence-electron chi connectivity index (χ0n) is 31.8. The van der Waals surface area contributed by atoms with Crippen LogP contribution in [0.5, 0.6) is 5.75 Å². The van der Waals surface area contributed by atoms with Crippen LogP contribution in [0.25, 0.3) is 0 Å². The van der Waals surface area contributed by atoms with Crippen molar-refractivity contribution >= 4 is 24.1 Å². The van der Waals surface area contributed by atoms with E-state index in [0.29, 0.717) is 52.3 Å². The van der Waals surface area contributed by atoms with E-state index in [1.807, 2.05) is 52.0 Å². The molecule has 0 aromatic heterocycles. The summed E-state index contributed by atoms with van der Waals surface area (Å²) in [5.74, 6) is -0.322. The van der Waals surface area contributed by atoms with E-state index in [2.05, 4.69) is 0 Å². The second-order valence-corrected chi connectivity index (χ2v) is 13.3. The number of methoxy groups -OCH3 is 2. The number of aryl methyl sites for hydroxylation is 1. The van der Waals surface area contributed by atoms with E-state index >= 15 is 0 Å². The number of ether oxygens (including phenoxy) is 6. The molecule has 1 aliphatic heterocycles. The summed E-state index contributed by atoms with van der Waals surface area (Å²) in [5, 5.41) is 20.2. The lowest BCUT2D eigenvalue weighted by atomic mass is 10.0. The summed E-state index contributed by atoms with van der Waals surface area (Å²) in [6, 6.07) is 6.10. The van der Waals surface area contributed by atoms with E-state index in [0.717, 1.165) is 11.3 Å². The monoisotopic (exact) mass is 740 g/mol. The fourth-order valence-electron chi connectivity index (χ4n) is 5.66. The number of rotatable bonds is 18. The summed E-state index contributed by atoms with van der Waals surface area (Å²) in [7, 11) is 2.57. The first-order chi connectivity index (χ1) is 24.8. The van der Waals surface area contributed by atoms with Crippen LogP contribution >= 0.6 is 0 Å². The molecule has 0 radical (unpaired) electrons. The van der Waals surface area contributed by atoms with Crippen LogP contribution in [0.1, 0.15) is 46.1 Å². The van der Waals surface area contributed by atoms with Gasteiger partial charge < -0.3 is 48.4 Å². The molecule has 296 valence electrons. The van der Waals surface area contributed by atoms with Crippen molar-refractivity contribution in [1.29, 1.82) is 0 Å². The molecule has 1 aromatic carbocycles. The Morgan fingerprint density at radius 3 is 1.67 bits per heavy atom. The number of carbonyl (C=O) groups is 4. The molecular formula is C36H60N4O12.